The van der Waals surface area contributed by atoms with Gasteiger partial charge in [-0.2, -0.15) is 0 Å². The van der Waals surface area contributed by atoms with Crippen molar-refractivity contribution in [2.45, 2.75) is 19.8 Å². The number of nitrogens with zero attached hydrogens (tertiary/aromatic N) is 4. The maximum Gasteiger partial charge on any atom is 0.311 e. The van der Waals surface area contributed by atoms with Crippen LogP contribution in [0.3, 0.4) is 0 Å². The van der Waals surface area contributed by atoms with Crippen molar-refractivity contribution in [1.82, 2.24) is 9.97 Å². The van der Waals surface area contributed by atoms with E-state index in [1.165, 1.54) is 18.3 Å². The molecule has 1 aliphatic heterocycles. The van der Waals surface area contributed by atoms with Crippen LogP contribution in [0.2, 0.25) is 0 Å². The zero-order valence-corrected chi connectivity index (χ0v) is 14.3. The molecular weight excluding hydrogens is 335 g/mol. The van der Waals surface area contributed by atoms with E-state index in [1.54, 1.807) is 6.07 Å². The molecule has 3 rings (SSSR count). The molecule has 0 bridgehead atoms. The molecule has 132 valence electrons. The summed E-state index contributed by atoms with van der Waals surface area (Å²) >= 11 is 0. The Kier molecular flexibility index (Phi) is 5.23. The summed E-state index contributed by atoms with van der Waals surface area (Å²) in [5, 5.41) is 11.2. The van der Waals surface area contributed by atoms with Gasteiger partial charge in [0.05, 0.1) is 11.1 Å². The molecule has 1 fully saturated rings. The summed E-state index contributed by atoms with van der Waals surface area (Å²) in [6.45, 7) is 3.11. The Labute approximate surface area is 150 Å². The second kappa shape index (κ2) is 7.74. The van der Waals surface area contributed by atoms with E-state index >= 15 is 0 Å². The number of hydrogen-bond donors (Lipinski definition) is 0. The molecule has 26 heavy (non-hydrogen) atoms. The number of aryl methyl sites for hydroxylation is 1. The van der Waals surface area contributed by atoms with E-state index in [9.17, 15) is 14.5 Å². The van der Waals surface area contributed by atoms with E-state index in [0.29, 0.717) is 24.5 Å². The standard InChI is InChI=1S/C19H17FN4O2/c1-14-5-6-18(24(25)26)19(22-14)23-9-7-15(8-10-23)3-2-4-16-11-17(20)13-21-12-16/h3,5-6,11-13H,7-10H2,1H3. The van der Waals surface area contributed by atoms with Crippen LogP contribution in [0.15, 0.2) is 42.2 Å². The van der Waals surface area contributed by atoms with Crippen LogP contribution in [0.4, 0.5) is 15.9 Å². The van der Waals surface area contributed by atoms with Gasteiger partial charge in [-0.05, 0) is 38.0 Å². The summed E-state index contributed by atoms with van der Waals surface area (Å²) in [5.74, 6) is 5.80. The van der Waals surface area contributed by atoms with Gasteiger partial charge in [0, 0.05) is 36.6 Å². The number of rotatable bonds is 2. The van der Waals surface area contributed by atoms with Crippen molar-refractivity contribution in [3.05, 3.63) is 69.4 Å². The van der Waals surface area contributed by atoms with Crippen molar-refractivity contribution in [2.24, 2.45) is 0 Å². The fourth-order valence-corrected chi connectivity index (χ4v) is 2.76. The smallest absolute Gasteiger partial charge is 0.311 e. The van der Waals surface area contributed by atoms with Gasteiger partial charge >= 0.3 is 5.69 Å². The molecule has 0 aromatic carbocycles. The molecule has 1 aliphatic rings. The largest absolute Gasteiger partial charge is 0.350 e. The number of hydrogen-bond acceptors (Lipinski definition) is 5. The van der Waals surface area contributed by atoms with Crippen molar-refractivity contribution in [1.29, 1.82) is 0 Å². The van der Waals surface area contributed by atoms with Crippen molar-refractivity contribution in [3.63, 3.8) is 0 Å². The Balaban J connectivity index is 1.68. The van der Waals surface area contributed by atoms with Crippen LogP contribution in [0.5, 0.6) is 0 Å². The summed E-state index contributed by atoms with van der Waals surface area (Å²) in [4.78, 5) is 20.9. The molecule has 0 atom stereocenters. The molecule has 6 nitrogen and oxygen atoms in total. The molecular formula is C19H17FN4O2. The summed E-state index contributed by atoms with van der Waals surface area (Å²) in [7, 11) is 0. The maximum atomic E-state index is 13.1. The number of allylic oxidation sites excluding steroid dienone is 1. The molecule has 7 heteroatoms. The summed E-state index contributed by atoms with van der Waals surface area (Å²) in [5.41, 5.74) is 2.47. The normalized spacial score (nSPS) is 13.8. The number of aromatic nitrogens is 2. The first-order chi connectivity index (χ1) is 12.5. The molecule has 0 spiro atoms. The van der Waals surface area contributed by atoms with Gasteiger partial charge in [-0.25, -0.2) is 9.37 Å². The predicted molar refractivity (Wildman–Crippen MR) is 96.2 cm³/mol. The third-order valence-electron chi connectivity index (χ3n) is 4.09. The fraction of sp³-hybridized carbons (Fsp3) is 0.263. The quantitative estimate of drug-likeness (QED) is 0.470. The number of piperidine rings is 1. The SMILES string of the molecule is Cc1ccc([N+](=O)[O-])c(N2CCC(=CC#Cc3cncc(F)c3)CC2)n1. The summed E-state index contributed by atoms with van der Waals surface area (Å²) in [6, 6.07) is 4.49. The molecule has 0 radical (unpaired) electrons. The van der Waals surface area contributed by atoms with Crippen LogP contribution in [0.25, 0.3) is 0 Å². The monoisotopic (exact) mass is 352 g/mol. The third kappa shape index (κ3) is 4.22. The van der Waals surface area contributed by atoms with Gasteiger partial charge in [0.25, 0.3) is 0 Å². The Morgan fingerprint density at radius 3 is 2.77 bits per heavy atom. The van der Waals surface area contributed by atoms with Gasteiger partial charge < -0.3 is 4.90 Å². The first kappa shape index (κ1) is 17.5. The predicted octanol–water partition coefficient (Wildman–Crippen LogP) is 3.41. The van der Waals surface area contributed by atoms with Crippen molar-refractivity contribution < 1.29 is 9.31 Å². The molecule has 0 N–H and O–H groups in total. The van der Waals surface area contributed by atoms with Crippen molar-refractivity contribution in [3.8, 4) is 11.8 Å². The van der Waals surface area contributed by atoms with Crippen LogP contribution < -0.4 is 4.90 Å². The Morgan fingerprint density at radius 1 is 1.31 bits per heavy atom. The number of halogens is 1. The Bertz CT molecular complexity index is 921. The lowest BCUT2D eigenvalue weighted by Gasteiger charge is -2.28. The van der Waals surface area contributed by atoms with Crippen LogP contribution >= 0.6 is 0 Å². The molecule has 1 saturated heterocycles. The van der Waals surface area contributed by atoms with Crippen LogP contribution in [0.1, 0.15) is 24.1 Å². The fourth-order valence-electron chi connectivity index (χ4n) is 2.76. The van der Waals surface area contributed by atoms with E-state index in [2.05, 4.69) is 21.8 Å². The average Bonchev–Trinajstić information content (AvgIpc) is 2.62. The highest BCUT2D eigenvalue weighted by Crippen LogP contribution is 2.29. The van der Waals surface area contributed by atoms with E-state index in [4.69, 9.17) is 0 Å². The molecule has 0 aliphatic carbocycles. The van der Waals surface area contributed by atoms with Crippen LogP contribution in [-0.4, -0.2) is 28.0 Å². The second-order valence-electron chi connectivity index (χ2n) is 6.00. The second-order valence-corrected chi connectivity index (χ2v) is 6.00. The minimum absolute atomic E-state index is 0.0291. The van der Waals surface area contributed by atoms with E-state index in [0.717, 1.165) is 30.3 Å². The topological polar surface area (TPSA) is 72.2 Å². The Morgan fingerprint density at radius 2 is 2.08 bits per heavy atom. The maximum absolute atomic E-state index is 13.1. The van der Waals surface area contributed by atoms with Crippen LogP contribution in [-0.2, 0) is 0 Å². The molecule has 2 aromatic rings. The van der Waals surface area contributed by atoms with Crippen molar-refractivity contribution >= 4 is 11.5 Å². The van der Waals surface area contributed by atoms with Gasteiger partial charge in [-0.1, -0.05) is 17.4 Å². The van der Waals surface area contributed by atoms with Crippen molar-refractivity contribution in [2.75, 3.05) is 18.0 Å². The van der Waals surface area contributed by atoms with Gasteiger partial charge in [-0.3, -0.25) is 15.1 Å². The van der Waals surface area contributed by atoms with Crippen LogP contribution in [0, 0.1) is 34.7 Å². The minimum Gasteiger partial charge on any atom is -0.350 e. The van der Waals surface area contributed by atoms with Gasteiger partial charge in [0.15, 0.2) is 0 Å². The van der Waals surface area contributed by atoms with Gasteiger partial charge in [-0.15, -0.1) is 0 Å². The van der Waals surface area contributed by atoms with Gasteiger partial charge in [0.1, 0.15) is 5.82 Å². The molecule has 3 heterocycles. The first-order valence-electron chi connectivity index (χ1n) is 8.20. The van der Waals surface area contributed by atoms with Gasteiger partial charge in [0.2, 0.25) is 5.82 Å². The zero-order chi connectivity index (χ0) is 18.5. The van der Waals surface area contributed by atoms with E-state index < -0.39 is 10.7 Å². The molecule has 2 aromatic heterocycles. The minimum atomic E-state index is -0.412. The molecule has 0 saturated carbocycles. The number of anilines is 1. The highest BCUT2D eigenvalue weighted by molar-refractivity contribution is 5.58. The third-order valence-corrected chi connectivity index (χ3v) is 4.09. The Hall–Kier alpha value is -3.27. The summed E-state index contributed by atoms with van der Waals surface area (Å²) < 4.78 is 13.1. The molecule has 0 unspecified atom stereocenters. The van der Waals surface area contributed by atoms with E-state index in [1.807, 2.05) is 17.9 Å². The molecule has 0 amide bonds. The lowest BCUT2D eigenvalue weighted by molar-refractivity contribution is -0.384. The van der Waals surface area contributed by atoms with E-state index in [-0.39, 0.29) is 5.69 Å². The number of pyridine rings is 2. The average molecular weight is 352 g/mol. The highest BCUT2D eigenvalue weighted by atomic mass is 19.1. The summed E-state index contributed by atoms with van der Waals surface area (Å²) in [6.07, 6.45) is 5.99. The first-order valence-corrected chi connectivity index (χ1v) is 8.20. The highest BCUT2D eigenvalue weighted by Gasteiger charge is 2.23. The zero-order valence-electron chi connectivity index (χ0n) is 14.3. The lowest BCUT2D eigenvalue weighted by Crippen LogP contribution is -2.32. The number of nitro groups is 1. The lowest BCUT2D eigenvalue weighted by atomic mass is 10.0.